The van der Waals surface area contributed by atoms with E-state index >= 15 is 0 Å². The molecule has 200 valence electrons. The monoisotopic (exact) mass is 502 g/mol. The van der Waals surface area contributed by atoms with Crippen LogP contribution in [0.3, 0.4) is 0 Å². The van der Waals surface area contributed by atoms with Crippen molar-refractivity contribution in [2.75, 3.05) is 26.2 Å². The van der Waals surface area contributed by atoms with E-state index in [0.29, 0.717) is 25.9 Å². The number of nitrogens with zero attached hydrogens (tertiary/aromatic N) is 1. The van der Waals surface area contributed by atoms with Crippen LogP contribution in [-0.4, -0.2) is 90.1 Å². The zero-order valence-electron chi connectivity index (χ0n) is 20.1. The van der Waals surface area contributed by atoms with Crippen molar-refractivity contribution < 1.29 is 34.2 Å². The van der Waals surface area contributed by atoms with Gasteiger partial charge in [-0.1, -0.05) is 13.8 Å². The third-order valence-corrected chi connectivity index (χ3v) is 4.71. The molecule has 0 aliphatic rings. The Morgan fingerprint density at radius 1 is 0.943 bits per heavy atom. The maximum absolute atomic E-state index is 12.8. The highest BCUT2D eigenvalue weighted by molar-refractivity contribution is 5.93. The third-order valence-electron chi connectivity index (χ3n) is 4.71. The van der Waals surface area contributed by atoms with Crippen molar-refractivity contribution in [3.8, 4) is 0 Å². The van der Waals surface area contributed by atoms with Crippen LogP contribution in [0.4, 0.5) is 0 Å². The Bertz CT molecular complexity index is 756. The van der Waals surface area contributed by atoms with Gasteiger partial charge in [0.1, 0.15) is 12.1 Å². The molecule has 0 heterocycles. The summed E-state index contributed by atoms with van der Waals surface area (Å²) < 4.78 is 0. The first-order valence-corrected chi connectivity index (χ1v) is 11.2. The fourth-order valence-electron chi connectivity index (χ4n) is 2.94. The van der Waals surface area contributed by atoms with Gasteiger partial charge in [0.05, 0.1) is 19.0 Å². The van der Waals surface area contributed by atoms with E-state index < -0.39 is 60.8 Å². The van der Waals surface area contributed by atoms with Gasteiger partial charge in [0, 0.05) is 6.54 Å². The summed E-state index contributed by atoms with van der Waals surface area (Å²) in [4.78, 5) is 63.3. The second-order valence-electron chi connectivity index (χ2n) is 8.10. The van der Waals surface area contributed by atoms with Crippen molar-refractivity contribution in [3.05, 3.63) is 0 Å². The number of guanidine groups is 1. The molecule has 3 amide bonds. The van der Waals surface area contributed by atoms with E-state index in [-0.39, 0.29) is 24.8 Å². The Kier molecular flexibility index (Phi) is 15.4. The van der Waals surface area contributed by atoms with Crippen molar-refractivity contribution in [1.29, 1.82) is 0 Å². The summed E-state index contributed by atoms with van der Waals surface area (Å²) in [5, 5.41) is 27.9. The summed E-state index contributed by atoms with van der Waals surface area (Å²) in [7, 11) is 0. The summed E-state index contributed by atoms with van der Waals surface area (Å²) >= 11 is 0. The standard InChI is InChI=1S/C20H38N8O7/c1-11(2)16(24-8-4-6-21)18(33)28-12(5-3-7-25-20(22)23)17(32)26-10-14(29)27-13(19(34)35)9-15(30)31/h11-13,16,24H,3-10,21H2,1-2H3,(H,26,32)(H,27,29)(H,28,33)(H,30,31)(H,34,35)(H4,22,23,25)/t12-,13-,16-/m0/s1. The van der Waals surface area contributed by atoms with Gasteiger partial charge in [-0.15, -0.1) is 0 Å². The predicted molar refractivity (Wildman–Crippen MR) is 127 cm³/mol. The van der Waals surface area contributed by atoms with E-state index in [4.69, 9.17) is 27.4 Å². The van der Waals surface area contributed by atoms with E-state index in [2.05, 4.69) is 20.9 Å². The average molecular weight is 503 g/mol. The highest BCUT2D eigenvalue weighted by atomic mass is 16.4. The first-order chi connectivity index (χ1) is 16.4. The molecule has 0 unspecified atom stereocenters. The predicted octanol–water partition coefficient (Wildman–Crippen LogP) is -3.35. The lowest BCUT2D eigenvalue weighted by atomic mass is 10.0. The molecule has 15 heteroatoms. The van der Waals surface area contributed by atoms with Crippen LogP contribution in [0, 0.1) is 5.92 Å². The molecule has 0 aliphatic carbocycles. The maximum atomic E-state index is 12.8. The number of rotatable bonds is 18. The number of aliphatic carboxylic acids is 2. The van der Waals surface area contributed by atoms with Gasteiger partial charge in [0.25, 0.3) is 0 Å². The second kappa shape index (κ2) is 17.0. The lowest BCUT2D eigenvalue weighted by Gasteiger charge is -2.25. The topological polar surface area (TPSA) is 264 Å². The van der Waals surface area contributed by atoms with Crippen LogP contribution in [0.25, 0.3) is 0 Å². The van der Waals surface area contributed by atoms with E-state index in [1.807, 2.05) is 19.2 Å². The molecule has 3 atom stereocenters. The maximum Gasteiger partial charge on any atom is 0.326 e. The van der Waals surface area contributed by atoms with E-state index in [0.717, 1.165) is 0 Å². The minimum absolute atomic E-state index is 0.0916. The molecule has 35 heavy (non-hydrogen) atoms. The SMILES string of the molecule is CC(C)[C@H](NCCCN)C(=O)N[C@@H](CCCN=C(N)N)C(=O)NCC(=O)N[C@@H](CC(=O)O)C(=O)O. The normalized spacial score (nSPS) is 13.3. The number of carboxylic acids is 2. The quantitative estimate of drug-likeness (QED) is 0.0507. The van der Waals surface area contributed by atoms with Gasteiger partial charge in [0.2, 0.25) is 17.7 Å². The zero-order valence-corrected chi connectivity index (χ0v) is 20.1. The molecule has 0 bridgehead atoms. The second-order valence-corrected chi connectivity index (χ2v) is 8.10. The highest BCUT2D eigenvalue weighted by Crippen LogP contribution is 2.05. The Balaban J connectivity index is 5.20. The van der Waals surface area contributed by atoms with Crippen LogP contribution < -0.4 is 38.5 Å². The molecule has 15 nitrogen and oxygen atoms in total. The molecule has 0 aromatic heterocycles. The number of carboxylic acid groups (broad SMARTS) is 2. The summed E-state index contributed by atoms with van der Waals surface area (Å²) in [5.41, 5.74) is 16.1. The number of nitrogens with one attached hydrogen (secondary N) is 4. The molecular weight excluding hydrogens is 464 g/mol. The van der Waals surface area contributed by atoms with Crippen molar-refractivity contribution in [1.82, 2.24) is 21.3 Å². The van der Waals surface area contributed by atoms with Gasteiger partial charge in [-0.25, -0.2) is 4.79 Å². The molecule has 0 saturated heterocycles. The number of hydrogen-bond donors (Lipinski definition) is 9. The van der Waals surface area contributed by atoms with Crippen LogP contribution in [0.5, 0.6) is 0 Å². The van der Waals surface area contributed by atoms with Crippen LogP contribution in [0.1, 0.15) is 39.5 Å². The van der Waals surface area contributed by atoms with Crippen LogP contribution in [-0.2, 0) is 24.0 Å². The first-order valence-electron chi connectivity index (χ1n) is 11.2. The van der Waals surface area contributed by atoms with Gasteiger partial charge >= 0.3 is 11.9 Å². The van der Waals surface area contributed by atoms with Gasteiger partial charge < -0.3 is 48.7 Å². The lowest BCUT2D eigenvalue weighted by Crippen LogP contribution is -2.55. The summed E-state index contributed by atoms with van der Waals surface area (Å²) in [6, 6.07) is -3.28. The Labute approximate surface area is 203 Å². The van der Waals surface area contributed by atoms with Crippen molar-refractivity contribution >= 4 is 35.6 Å². The number of aliphatic imine (C=N–C) groups is 1. The molecular formula is C20H38N8O7. The number of carbonyl (C=O) groups excluding carboxylic acids is 3. The molecule has 0 aliphatic heterocycles. The van der Waals surface area contributed by atoms with E-state index in [9.17, 15) is 24.0 Å². The smallest absolute Gasteiger partial charge is 0.326 e. The van der Waals surface area contributed by atoms with Crippen LogP contribution >= 0.6 is 0 Å². The van der Waals surface area contributed by atoms with Crippen molar-refractivity contribution in [2.45, 2.75) is 57.7 Å². The molecule has 0 rings (SSSR count). The van der Waals surface area contributed by atoms with Gasteiger partial charge in [-0.05, 0) is 38.3 Å². The Hall–Kier alpha value is -3.46. The minimum atomic E-state index is -1.65. The molecule has 0 aromatic rings. The number of amides is 3. The van der Waals surface area contributed by atoms with Crippen molar-refractivity contribution in [2.24, 2.45) is 28.1 Å². The molecule has 12 N–H and O–H groups in total. The largest absolute Gasteiger partial charge is 0.481 e. The average Bonchev–Trinajstić information content (AvgIpc) is 2.75. The fourth-order valence-corrected chi connectivity index (χ4v) is 2.94. The van der Waals surface area contributed by atoms with Gasteiger partial charge in [-0.3, -0.25) is 24.2 Å². The van der Waals surface area contributed by atoms with Crippen molar-refractivity contribution in [3.63, 3.8) is 0 Å². The molecule has 0 radical (unpaired) electrons. The summed E-state index contributed by atoms with van der Waals surface area (Å²) in [6.45, 7) is 4.23. The van der Waals surface area contributed by atoms with E-state index in [1.165, 1.54) is 0 Å². The summed E-state index contributed by atoms with van der Waals surface area (Å²) in [5.74, 6) is -5.16. The number of hydrogen-bond acceptors (Lipinski definition) is 8. The van der Waals surface area contributed by atoms with Gasteiger partial charge in [-0.2, -0.15) is 0 Å². The molecule has 0 fully saturated rings. The van der Waals surface area contributed by atoms with Crippen LogP contribution in [0.2, 0.25) is 0 Å². The molecule has 0 saturated carbocycles. The first kappa shape index (κ1) is 31.5. The third kappa shape index (κ3) is 14.4. The summed E-state index contributed by atoms with van der Waals surface area (Å²) in [6.07, 6.45) is 0.328. The number of carbonyl (C=O) groups is 5. The molecule has 0 spiro atoms. The number of nitrogens with two attached hydrogens (primary N) is 3. The van der Waals surface area contributed by atoms with Gasteiger partial charge in [0.15, 0.2) is 5.96 Å². The zero-order chi connectivity index (χ0) is 27.0. The highest BCUT2D eigenvalue weighted by Gasteiger charge is 2.28. The van der Waals surface area contributed by atoms with E-state index in [1.54, 1.807) is 0 Å². The Morgan fingerprint density at radius 3 is 2.11 bits per heavy atom. The Morgan fingerprint density at radius 2 is 1.60 bits per heavy atom. The van der Waals surface area contributed by atoms with Crippen LogP contribution in [0.15, 0.2) is 4.99 Å². The minimum Gasteiger partial charge on any atom is -0.481 e. The molecule has 0 aromatic carbocycles. The fraction of sp³-hybridized carbons (Fsp3) is 0.700. The lowest BCUT2D eigenvalue weighted by molar-refractivity contribution is -0.147.